The minimum absolute atomic E-state index is 0.0266. The first-order valence-electron chi connectivity index (χ1n) is 7.84. The molecule has 0 unspecified atom stereocenters. The van der Waals surface area contributed by atoms with E-state index in [1.54, 1.807) is 10.9 Å². The maximum atomic E-state index is 12.5. The van der Waals surface area contributed by atoms with Crippen molar-refractivity contribution >= 4 is 5.91 Å². The molecule has 0 aliphatic carbocycles. The smallest absolute Gasteiger partial charge is 0.250 e. The van der Waals surface area contributed by atoms with Crippen molar-refractivity contribution in [1.29, 1.82) is 0 Å². The summed E-state index contributed by atoms with van der Waals surface area (Å²) < 4.78 is 13.2. The normalized spacial score (nSPS) is 30.2. The molecule has 2 aliphatic rings. The van der Waals surface area contributed by atoms with Crippen LogP contribution in [0.25, 0.3) is 0 Å². The highest BCUT2D eigenvalue weighted by molar-refractivity contribution is 5.81. The maximum Gasteiger partial charge on any atom is 0.250 e. The molecule has 2 aliphatic heterocycles. The van der Waals surface area contributed by atoms with E-state index in [1.807, 2.05) is 20.3 Å². The zero-order chi connectivity index (χ0) is 15.5. The molecular weight excluding hydrogens is 284 g/mol. The molecule has 7 heteroatoms. The number of hydrogen-bond donors (Lipinski definition) is 1. The van der Waals surface area contributed by atoms with Crippen molar-refractivity contribution in [1.82, 2.24) is 20.0 Å². The summed E-state index contributed by atoms with van der Waals surface area (Å²) in [6, 6.07) is -0.0266. The summed E-state index contributed by atoms with van der Waals surface area (Å²) in [6.45, 7) is 2.82. The Morgan fingerprint density at radius 1 is 1.36 bits per heavy atom. The molecule has 3 heterocycles. The minimum atomic E-state index is -0.393. The largest absolute Gasteiger partial charge is 0.371 e. The van der Waals surface area contributed by atoms with Crippen LogP contribution in [0.5, 0.6) is 0 Å². The first-order valence-corrected chi connectivity index (χ1v) is 7.84. The van der Waals surface area contributed by atoms with Crippen molar-refractivity contribution in [2.24, 2.45) is 7.05 Å². The lowest BCUT2D eigenvalue weighted by atomic mass is 9.98. The molecule has 1 aromatic rings. The number of morpholine rings is 1. The van der Waals surface area contributed by atoms with Crippen molar-refractivity contribution in [3.63, 3.8) is 0 Å². The molecule has 1 N–H and O–H groups in total. The topological polar surface area (TPSA) is 68.6 Å². The first-order chi connectivity index (χ1) is 10.6. The third-order valence-electron chi connectivity index (χ3n) is 4.27. The van der Waals surface area contributed by atoms with Gasteiger partial charge in [0.25, 0.3) is 5.91 Å². The van der Waals surface area contributed by atoms with Gasteiger partial charge in [0, 0.05) is 38.5 Å². The number of likely N-dealkylation sites (N-methyl/N-ethyl adjacent to an activating group) is 1. The van der Waals surface area contributed by atoms with Crippen LogP contribution in [0.3, 0.4) is 0 Å². The Labute approximate surface area is 130 Å². The maximum absolute atomic E-state index is 12.5. The SMILES string of the molecule is CN1CCO[C@@H](C(=O)N[C@H]2CCCO[C@@H]2c2cnn(C)c2)C1. The highest BCUT2D eigenvalue weighted by atomic mass is 16.5. The van der Waals surface area contributed by atoms with E-state index in [0.717, 1.165) is 24.9 Å². The van der Waals surface area contributed by atoms with E-state index in [9.17, 15) is 4.79 Å². The average molecular weight is 308 g/mol. The van der Waals surface area contributed by atoms with Gasteiger partial charge >= 0.3 is 0 Å². The van der Waals surface area contributed by atoms with Gasteiger partial charge in [-0.15, -0.1) is 0 Å². The number of nitrogens with one attached hydrogen (secondary N) is 1. The Kier molecular flexibility index (Phi) is 4.75. The standard InChI is InChI=1S/C15H24N4O3/c1-18-5-7-21-13(10-18)15(20)17-12-4-3-6-22-14(12)11-8-16-19(2)9-11/h8-9,12-14H,3-7,10H2,1-2H3,(H,17,20)/t12-,13+,14+/m0/s1. The van der Waals surface area contributed by atoms with Crippen molar-refractivity contribution in [3.05, 3.63) is 18.0 Å². The molecule has 122 valence electrons. The monoisotopic (exact) mass is 308 g/mol. The number of amides is 1. The van der Waals surface area contributed by atoms with Gasteiger partial charge in [-0.2, -0.15) is 5.10 Å². The van der Waals surface area contributed by atoms with Gasteiger partial charge in [-0.3, -0.25) is 9.48 Å². The number of nitrogens with zero attached hydrogens (tertiary/aromatic N) is 3. The van der Waals surface area contributed by atoms with Crippen LogP contribution in [0.15, 0.2) is 12.4 Å². The number of ether oxygens (including phenoxy) is 2. The summed E-state index contributed by atoms with van der Waals surface area (Å²) in [5.74, 6) is -0.0454. The van der Waals surface area contributed by atoms with Gasteiger partial charge in [0.15, 0.2) is 0 Å². The molecule has 0 bridgehead atoms. The average Bonchev–Trinajstić information content (AvgIpc) is 2.94. The van der Waals surface area contributed by atoms with Crippen LogP contribution in [0.4, 0.5) is 0 Å². The highest BCUT2D eigenvalue weighted by Crippen LogP contribution is 2.28. The molecule has 3 atom stereocenters. The van der Waals surface area contributed by atoms with E-state index >= 15 is 0 Å². The minimum Gasteiger partial charge on any atom is -0.371 e. The lowest BCUT2D eigenvalue weighted by Crippen LogP contribution is -2.52. The Balaban J connectivity index is 1.65. The number of carbonyl (C=O) groups is 1. The highest BCUT2D eigenvalue weighted by Gasteiger charge is 2.33. The Bertz CT molecular complexity index is 519. The van der Waals surface area contributed by atoms with Crippen molar-refractivity contribution in [2.45, 2.75) is 31.1 Å². The predicted molar refractivity (Wildman–Crippen MR) is 80.3 cm³/mol. The second-order valence-electron chi connectivity index (χ2n) is 6.12. The van der Waals surface area contributed by atoms with Crippen LogP contribution in [-0.2, 0) is 21.3 Å². The summed E-state index contributed by atoms with van der Waals surface area (Å²) in [6.07, 6.45) is 5.09. The molecular formula is C15H24N4O3. The molecule has 22 heavy (non-hydrogen) atoms. The quantitative estimate of drug-likeness (QED) is 0.857. The fourth-order valence-corrected chi connectivity index (χ4v) is 3.06. The summed E-state index contributed by atoms with van der Waals surface area (Å²) in [4.78, 5) is 14.6. The number of aromatic nitrogens is 2. The Morgan fingerprint density at radius 2 is 2.23 bits per heavy atom. The summed E-state index contributed by atoms with van der Waals surface area (Å²) in [7, 11) is 3.89. The van der Waals surface area contributed by atoms with E-state index in [0.29, 0.717) is 19.8 Å². The molecule has 0 aromatic carbocycles. The molecule has 3 rings (SSSR count). The van der Waals surface area contributed by atoms with E-state index in [2.05, 4.69) is 15.3 Å². The van der Waals surface area contributed by atoms with E-state index in [1.165, 1.54) is 0 Å². The molecule has 2 fully saturated rings. The zero-order valence-corrected chi connectivity index (χ0v) is 13.2. The van der Waals surface area contributed by atoms with Crippen LogP contribution in [0.1, 0.15) is 24.5 Å². The summed E-state index contributed by atoms with van der Waals surface area (Å²) in [5.41, 5.74) is 1.01. The van der Waals surface area contributed by atoms with Gasteiger partial charge in [0.05, 0.1) is 18.8 Å². The number of carbonyl (C=O) groups excluding carboxylic acids is 1. The third-order valence-corrected chi connectivity index (χ3v) is 4.27. The molecule has 2 saturated heterocycles. The second-order valence-corrected chi connectivity index (χ2v) is 6.12. The van der Waals surface area contributed by atoms with Crippen LogP contribution < -0.4 is 5.32 Å². The Morgan fingerprint density at radius 3 is 2.95 bits per heavy atom. The summed E-state index contributed by atoms with van der Waals surface area (Å²) in [5, 5.41) is 7.31. The van der Waals surface area contributed by atoms with Gasteiger partial charge in [0.1, 0.15) is 12.2 Å². The molecule has 1 amide bonds. The van der Waals surface area contributed by atoms with Gasteiger partial charge in [-0.25, -0.2) is 0 Å². The van der Waals surface area contributed by atoms with Crippen molar-refractivity contribution in [3.8, 4) is 0 Å². The van der Waals surface area contributed by atoms with Crippen molar-refractivity contribution in [2.75, 3.05) is 33.4 Å². The van der Waals surface area contributed by atoms with E-state index in [4.69, 9.17) is 9.47 Å². The van der Waals surface area contributed by atoms with Gasteiger partial charge in [-0.05, 0) is 19.9 Å². The fraction of sp³-hybridized carbons (Fsp3) is 0.733. The zero-order valence-electron chi connectivity index (χ0n) is 13.2. The van der Waals surface area contributed by atoms with Crippen LogP contribution in [0, 0.1) is 0 Å². The molecule has 0 radical (unpaired) electrons. The molecule has 1 aromatic heterocycles. The third kappa shape index (κ3) is 3.48. The van der Waals surface area contributed by atoms with Crippen LogP contribution in [0.2, 0.25) is 0 Å². The fourth-order valence-electron chi connectivity index (χ4n) is 3.06. The molecule has 7 nitrogen and oxygen atoms in total. The summed E-state index contributed by atoms with van der Waals surface area (Å²) >= 11 is 0. The Hall–Kier alpha value is -1.44. The lowest BCUT2D eigenvalue weighted by molar-refractivity contribution is -0.140. The van der Waals surface area contributed by atoms with Crippen molar-refractivity contribution < 1.29 is 14.3 Å². The van der Waals surface area contributed by atoms with E-state index in [-0.39, 0.29) is 18.1 Å². The van der Waals surface area contributed by atoms with Gasteiger partial charge in [-0.1, -0.05) is 0 Å². The van der Waals surface area contributed by atoms with Gasteiger partial charge in [0.2, 0.25) is 0 Å². The molecule has 0 spiro atoms. The lowest BCUT2D eigenvalue weighted by Gasteiger charge is -2.34. The molecule has 0 saturated carbocycles. The van der Waals surface area contributed by atoms with Crippen LogP contribution in [-0.4, -0.2) is 66.1 Å². The number of aryl methyl sites for hydroxylation is 1. The number of rotatable bonds is 3. The van der Waals surface area contributed by atoms with Crippen LogP contribution >= 0.6 is 0 Å². The van der Waals surface area contributed by atoms with Gasteiger partial charge < -0.3 is 19.7 Å². The second kappa shape index (κ2) is 6.76. The number of hydrogen-bond acceptors (Lipinski definition) is 5. The first kappa shape index (κ1) is 15.5. The van der Waals surface area contributed by atoms with E-state index < -0.39 is 6.10 Å². The predicted octanol–water partition coefficient (Wildman–Crippen LogP) is 0.0870.